The molecule has 0 saturated carbocycles. The van der Waals surface area contributed by atoms with Gasteiger partial charge in [-0.25, -0.2) is 9.37 Å². The second kappa shape index (κ2) is 8.71. The summed E-state index contributed by atoms with van der Waals surface area (Å²) in [7, 11) is 0. The van der Waals surface area contributed by atoms with Crippen molar-refractivity contribution in [3.05, 3.63) is 76.6 Å². The Balaban J connectivity index is 1.79. The first kappa shape index (κ1) is 19.0. The minimum atomic E-state index is -0.564. The Morgan fingerprint density at radius 3 is 2.75 bits per heavy atom. The fourth-order valence-corrected chi connectivity index (χ4v) is 2.51. The number of halogens is 1. The maximum Gasteiger partial charge on any atom is 0.275 e. The van der Waals surface area contributed by atoms with Gasteiger partial charge in [0.25, 0.3) is 5.69 Å². The van der Waals surface area contributed by atoms with Crippen LogP contribution in [0.2, 0.25) is 0 Å². The summed E-state index contributed by atoms with van der Waals surface area (Å²) in [6.07, 6.45) is 4.25. The van der Waals surface area contributed by atoms with Crippen molar-refractivity contribution in [3.63, 3.8) is 0 Å². The Labute approximate surface area is 159 Å². The third-order valence-corrected chi connectivity index (χ3v) is 3.83. The Morgan fingerprint density at radius 1 is 1.29 bits per heavy atom. The van der Waals surface area contributed by atoms with Gasteiger partial charge in [0.2, 0.25) is 0 Å². The average molecular weight is 384 g/mol. The van der Waals surface area contributed by atoms with E-state index in [4.69, 9.17) is 10.6 Å². The quantitative estimate of drug-likeness (QED) is 0.275. The lowest BCUT2D eigenvalue weighted by atomic mass is 10.1. The molecule has 3 aromatic rings. The number of aryl methyl sites for hydroxylation is 1. The molecule has 0 bridgehead atoms. The molecular formula is C18H17FN6O3. The van der Waals surface area contributed by atoms with Crippen LogP contribution in [0.5, 0.6) is 5.75 Å². The van der Waals surface area contributed by atoms with E-state index >= 15 is 0 Å². The first-order chi connectivity index (χ1) is 13.5. The summed E-state index contributed by atoms with van der Waals surface area (Å²) in [5, 5.41) is 19.1. The summed E-state index contributed by atoms with van der Waals surface area (Å²) < 4.78 is 14.9. The third kappa shape index (κ3) is 5.10. The van der Waals surface area contributed by atoms with Gasteiger partial charge in [-0.1, -0.05) is 17.3 Å². The van der Waals surface area contributed by atoms with Gasteiger partial charge in [0.15, 0.2) is 5.75 Å². The molecule has 28 heavy (non-hydrogen) atoms. The molecular weight excluding hydrogens is 367 g/mol. The zero-order valence-corrected chi connectivity index (χ0v) is 14.7. The van der Waals surface area contributed by atoms with Gasteiger partial charge < -0.3 is 10.6 Å². The molecule has 0 amide bonds. The van der Waals surface area contributed by atoms with Crippen LogP contribution in [0.3, 0.4) is 0 Å². The third-order valence-electron chi connectivity index (χ3n) is 3.83. The number of oxime groups is 1. The number of nitrogen functional groups attached to an aromatic ring is 1. The van der Waals surface area contributed by atoms with Gasteiger partial charge in [-0.05, 0) is 30.5 Å². The van der Waals surface area contributed by atoms with Crippen LogP contribution in [0.4, 0.5) is 15.8 Å². The van der Waals surface area contributed by atoms with Gasteiger partial charge in [-0.15, -0.1) is 0 Å². The minimum Gasteiger partial charge on any atom is -0.398 e. The number of nitrogens with two attached hydrogens (primary N) is 1. The normalized spacial score (nSPS) is 11.4. The van der Waals surface area contributed by atoms with Crippen molar-refractivity contribution in [1.82, 2.24) is 14.8 Å². The van der Waals surface area contributed by atoms with Gasteiger partial charge >= 0.3 is 0 Å². The van der Waals surface area contributed by atoms with E-state index in [1.54, 1.807) is 23.1 Å². The number of rotatable bonds is 8. The molecule has 144 valence electrons. The molecule has 2 aromatic carbocycles. The van der Waals surface area contributed by atoms with E-state index < -0.39 is 4.92 Å². The summed E-state index contributed by atoms with van der Waals surface area (Å²) in [4.78, 5) is 19.7. The number of aromatic nitrogens is 3. The van der Waals surface area contributed by atoms with Gasteiger partial charge in [0, 0.05) is 24.4 Å². The predicted octanol–water partition coefficient (Wildman–Crippen LogP) is 3.17. The number of hydrogen-bond donors (Lipinski definition) is 1. The largest absolute Gasteiger partial charge is 0.398 e. The number of benzene rings is 2. The van der Waals surface area contributed by atoms with Gasteiger partial charge in [0.05, 0.1) is 16.7 Å². The molecule has 10 heteroatoms. The van der Waals surface area contributed by atoms with Crippen LogP contribution < -0.4 is 10.6 Å². The fraction of sp³-hybridized carbons (Fsp3) is 0.167. The van der Waals surface area contributed by atoms with E-state index in [1.165, 1.54) is 36.7 Å². The van der Waals surface area contributed by atoms with Gasteiger partial charge in [-0.2, -0.15) is 5.10 Å². The average Bonchev–Trinajstić information content (AvgIpc) is 3.18. The molecule has 9 nitrogen and oxygen atoms in total. The van der Waals surface area contributed by atoms with Crippen molar-refractivity contribution >= 4 is 17.1 Å². The zero-order valence-electron chi connectivity index (χ0n) is 14.7. The van der Waals surface area contributed by atoms with E-state index in [0.29, 0.717) is 30.7 Å². The summed E-state index contributed by atoms with van der Waals surface area (Å²) in [5.74, 6) is -0.222. The number of nitrogens with zero attached hydrogens (tertiary/aromatic N) is 5. The Morgan fingerprint density at radius 2 is 2.07 bits per heavy atom. The van der Waals surface area contributed by atoms with Crippen LogP contribution in [-0.4, -0.2) is 25.4 Å². The van der Waals surface area contributed by atoms with E-state index in [-0.39, 0.29) is 22.9 Å². The molecule has 0 atom stereocenters. The lowest BCUT2D eigenvalue weighted by Gasteiger charge is -2.08. The highest BCUT2D eigenvalue weighted by atomic mass is 19.1. The van der Waals surface area contributed by atoms with E-state index in [9.17, 15) is 14.5 Å². The number of nitro groups is 1. The van der Waals surface area contributed by atoms with Crippen molar-refractivity contribution in [3.8, 4) is 5.75 Å². The first-order valence-corrected chi connectivity index (χ1v) is 8.38. The Bertz CT molecular complexity index is 973. The second-order valence-corrected chi connectivity index (χ2v) is 5.92. The number of hydrogen-bond acceptors (Lipinski definition) is 7. The van der Waals surface area contributed by atoms with Crippen molar-refractivity contribution in [2.75, 3.05) is 5.73 Å². The molecule has 1 heterocycles. The highest BCUT2D eigenvalue weighted by molar-refractivity contribution is 6.00. The summed E-state index contributed by atoms with van der Waals surface area (Å²) in [6, 6.07) is 9.74. The molecule has 0 saturated heterocycles. The van der Waals surface area contributed by atoms with Crippen molar-refractivity contribution in [2.45, 2.75) is 19.4 Å². The molecule has 0 aliphatic rings. The monoisotopic (exact) mass is 384 g/mol. The van der Waals surface area contributed by atoms with Crippen LogP contribution in [-0.2, 0) is 6.54 Å². The summed E-state index contributed by atoms with van der Waals surface area (Å²) >= 11 is 0. The van der Waals surface area contributed by atoms with E-state index in [2.05, 4.69) is 15.2 Å². The number of nitro benzene ring substituents is 1. The smallest absolute Gasteiger partial charge is 0.275 e. The predicted molar refractivity (Wildman–Crippen MR) is 100 cm³/mol. The molecule has 3 rings (SSSR count). The maximum absolute atomic E-state index is 13.2. The Kier molecular flexibility index (Phi) is 5.90. The Hall–Kier alpha value is -3.82. The van der Waals surface area contributed by atoms with Crippen LogP contribution in [0, 0.1) is 15.9 Å². The van der Waals surface area contributed by atoms with Crippen LogP contribution in [0.25, 0.3) is 0 Å². The van der Waals surface area contributed by atoms with Crippen LogP contribution >= 0.6 is 0 Å². The minimum absolute atomic E-state index is 0.141. The molecule has 0 radical (unpaired) electrons. The molecule has 0 unspecified atom stereocenters. The van der Waals surface area contributed by atoms with Gasteiger partial charge in [0.1, 0.15) is 18.5 Å². The lowest BCUT2D eigenvalue weighted by Crippen LogP contribution is -2.07. The molecule has 2 N–H and O–H groups in total. The second-order valence-electron chi connectivity index (χ2n) is 5.92. The molecule has 1 aromatic heterocycles. The maximum atomic E-state index is 13.2. The summed E-state index contributed by atoms with van der Waals surface area (Å²) in [6.45, 7) is 0.615. The zero-order chi connectivity index (χ0) is 19.9. The highest BCUT2D eigenvalue weighted by Gasteiger charge is 2.11. The molecule has 0 aliphatic carbocycles. The summed E-state index contributed by atoms with van der Waals surface area (Å²) in [5.41, 5.74) is 6.91. The van der Waals surface area contributed by atoms with Crippen LogP contribution in [0.15, 0.2) is 60.3 Å². The molecule has 0 fully saturated rings. The number of non-ortho nitro benzene ring substituents is 1. The van der Waals surface area contributed by atoms with Crippen LogP contribution in [0.1, 0.15) is 18.4 Å². The van der Waals surface area contributed by atoms with Gasteiger partial charge in [-0.3, -0.25) is 14.8 Å². The van der Waals surface area contributed by atoms with Crippen molar-refractivity contribution in [2.24, 2.45) is 5.16 Å². The SMILES string of the molecule is Nc1cc(O/N=C(/CCCn2cncn2)c2ccc(F)cc2)cc([N+](=O)[O-])c1. The van der Waals surface area contributed by atoms with Crippen molar-refractivity contribution in [1.29, 1.82) is 0 Å². The van der Waals surface area contributed by atoms with Crippen molar-refractivity contribution < 1.29 is 14.2 Å². The standard InChI is InChI=1S/C18H17FN6O3/c19-14-5-3-13(4-6-14)18(2-1-7-24-12-21-11-22-24)23-28-17-9-15(20)8-16(10-17)25(26)27/h3-6,8-12H,1-2,7,20H2/b23-18-. The fourth-order valence-electron chi connectivity index (χ4n) is 2.51. The molecule has 0 aliphatic heterocycles. The topological polar surface area (TPSA) is 121 Å². The van der Waals surface area contributed by atoms with E-state index in [1.807, 2.05) is 0 Å². The highest BCUT2D eigenvalue weighted by Crippen LogP contribution is 2.24. The lowest BCUT2D eigenvalue weighted by molar-refractivity contribution is -0.384. The first-order valence-electron chi connectivity index (χ1n) is 8.38. The molecule has 0 spiro atoms. The van der Waals surface area contributed by atoms with E-state index in [0.717, 1.165) is 0 Å². The number of anilines is 1.